The summed E-state index contributed by atoms with van der Waals surface area (Å²) in [5.41, 5.74) is -1.78. The molecule has 210 valence electrons. The lowest BCUT2D eigenvalue weighted by atomic mass is 9.51. The highest BCUT2D eigenvalue weighted by molar-refractivity contribution is 5.82. The third-order valence-corrected chi connectivity index (χ3v) is 10.7. The molecule has 10 heteroatoms. The van der Waals surface area contributed by atoms with E-state index < -0.39 is 52.5 Å². The van der Waals surface area contributed by atoms with Crippen molar-refractivity contribution in [2.45, 2.75) is 107 Å². The second-order valence-electron chi connectivity index (χ2n) is 12.8. The molecule has 0 N–H and O–H groups in total. The number of carbonyl (C=O) groups is 2. The first-order valence-corrected chi connectivity index (χ1v) is 14.0. The average molecular weight is 543 g/mol. The number of allylic oxidation sites excluding steroid dienone is 2. The van der Waals surface area contributed by atoms with Crippen LogP contribution in [-0.4, -0.2) is 91.5 Å². The Balaban J connectivity index is 1.18. The first-order chi connectivity index (χ1) is 18.6. The molecular weight excluding hydrogens is 508 g/mol. The zero-order chi connectivity index (χ0) is 26.9. The fourth-order valence-electron chi connectivity index (χ4n) is 8.26. The van der Waals surface area contributed by atoms with Crippen LogP contribution in [0.15, 0.2) is 36.0 Å². The lowest BCUT2D eigenvalue weighted by Crippen LogP contribution is -2.69. The third kappa shape index (κ3) is 3.18. The standard InChI is InChI=1S/C29H34O10/c1-14-9-18-28(23-22(14)38-23)12-32-25(31)24-26(3,39-24)11-21-34-15(2)16(35-21)7-5-6-8-20(30)37-17-10-19(36-18)29(13-33-29)27(17,28)4/h5-9,15-19,21-24H,10-13H2,1-4H3/b7-5+,8-6-/t15?,16?,17-,18-,19-,21?,22+,23+,24?,26?,27-,28-,29+/m1/s1. The van der Waals surface area contributed by atoms with Crippen molar-refractivity contribution in [1.82, 2.24) is 0 Å². The zero-order valence-electron chi connectivity index (χ0n) is 22.5. The number of carbonyl (C=O) groups excluding carboxylic acids is 2. The Morgan fingerprint density at radius 1 is 1.00 bits per heavy atom. The quantitative estimate of drug-likeness (QED) is 0.255. The second-order valence-corrected chi connectivity index (χ2v) is 12.8. The molecular formula is C29H34O10. The van der Waals surface area contributed by atoms with Gasteiger partial charge >= 0.3 is 11.9 Å². The molecule has 0 aromatic carbocycles. The molecule has 0 aromatic rings. The van der Waals surface area contributed by atoms with Crippen molar-refractivity contribution >= 4 is 11.9 Å². The molecule has 0 amide bonds. The first-order valence-electron chi connectivity index (χ1n) is 14.0. The fourth-order valence-corrected chi connectivity index (χ4v) is 8.26. The van der Waals surface area contributed by atoms with Crippen molar-refractivity contribution in [2.24, 2.45) is 10.8 Å². The first kappa shape index (κ1) is 24.7. The molecule has 2 aliphatic carbocycles. The minimum Gasteiger partial charge on any atom is -0.463 e. The Labute approximate surface area is 226 Å². The summed E-state index contributed by atoms with van der Waals surface area (Å²) in [5, 5.41) is 0. The average Bonchev–Trinajstić information content (AvgIpc) is 3.78. The van der Waals surface area contributed by atoms with E-state index >= 15 is 0 Å². The summed E-state index contributed by atoms with van der Waals surface area (Å²) in [7, 11) is 0. The Hall–Kier alpha value is -2.08. The molecule has 13 atom stereocenters. The van der Waals surface area contributed by atoms with E-state index in [0.717, 1.165) is 5.57 Å². The molecule has 0 radical (unpaired) electrons. The van der Waals surface area contributed by atoms with Crippen molar-refractivity contribution in [3.63, 3.8) is 0 Å². The van der Waals surface area contributed by atoms with Crippen LogP contribution in [0.1, 0.15) is 40.5 Å². The normalized spacial score (nSPS) is 58.5. The van der Waals surface area contributed by atoms with E-state index in [1.165, 1.54) is 6.08 Å². The number of cyclic esters (lactones) is 1. The van der Waals surface area contributed by atoms with Gasteiger partial charge in [-0.2, -0.15) is 0 Å². The molecule has 2 spiro atoms. The lowest BCUT2D eigenvalue weighted by molar-refractivity contribution is -0.236. The number of esters is 2. The molecule has 5 saturated heterocycles. The zero-order valence-corrected chi connectivity index (χ0v) is 22.5. The molecule has 8 aliphatic rings. The van der Waals surface area contributed by atoms with Crippen LogP contribution in [0.4, 0.5) is 0 Å². The van der Waals surface area contributed by atoms with Crippen LogP contribution in [0.25, 0.3) is 0 Å². The van der Waals surface area contributed by atoms with Gasteiger partial charge in [0.2, 0.25) is 0 Å². The van der Waals surface area contributed by atoms with Gasteiger partial charge in [0.25, 0.3) is 0 Å². The van der Waals surface area contributed by atoms with Crippen molar-refractivity contribution in [3.8, 4) is 0 Å². The van der Waals surface area contributed by atoms with Crippen molar-refractivity contribution in [3.05, 3.63) is 36.0 Å². The van der Waals surface area contributed by atoms with Gasteiger partial charge in [-0.1, -0.05) is 31.2 Å². The predicted molar refractivity (Wildman–Crippen MR) is 131 cm³/mol. The van der Waals surface area contributed by atoms with E-state index in [-0.39, 0.29) is 43.2 Å². The van der Waals surface area contributed by atoms with Gasteiger partial charge in [0, 0.05) is 18.9 Å². The van der Waals surface area contributed by atoms with Gasteiger partial charge < -0.3 is 37.9 Å². The van der Waals surface area contributed by atoms with Gasteiger partial charge in [-0.25, -0.2) is 9.59 Å². The van der Waals surface area contributed by atoms with Crippen LogP contribution >= 0.6 is 0 Å². The van der Waals surface area contributed by atoms with E-state index in [1.807, 2.05) is 26.8 Å². The van der Waals surface area contributed by atoms with Gasteiger partial charge in [-0.3, -0.25) is 0 Å². The molecule has 8 rings (SSSR count). The van der Waals surface area contributed by atoms with Crippen molar-refractivity contribution < 1.29 is 47.5 Å². The molecule has 0 aromatic heterocycles. The highest BCUT2D eigenvalue weighted by Crippen LogP contribution is 2.74. The number of fused-ring (bicyclic) bond motifs is 4. The minimum atomic E-state index is -0.804. The van der Waals surface area contributed by atoms with E-state index in [1.54, 1.807) is 12.2 Å². The topological polar surface area (TPSA) is 118 Å². The van der Waals surface area contributed by atoms with Gasteiger partial charge in [0.05, 0.1) is 35.7 Å². The smallest absolute Gasteiger partial charge is 0.338 e. The maximum atomic E-state index is 13.4. The number of hydrogen-bond donors (Lipinski definition) is 0. The summed E-state index contributed by atoms with van der Waals surface area (Å²) in [6.45, 7) is 8.47. The highest BCUT2D eigenvalue weighted by Gasteiger charge is 2.87. The van der Waals surface area contributed by atoms with Gasteiger partial charge in [-0.05, 0) is 26.3 Å². The van der Waals surface area contributed by atoms with Gasteiger partial charge in [0.1, 0.15) is 42.2 Å². The van der Waals surface area contributed by atoms with Crippen LogP contribution < -0.4 is 0 Å². The summed E-state index contributed by atoms with van der Waals surface area (Å²) in [4.78, 5) is 26.5. The maximum Gasteiger partial charge on any atom is 0.338 e. The van der Waals surface area contributed by atoms with Gasteiger partial charge in [0.15, 0.2) is 12.4 Å². The Bertz CT molecular complexity index is 1220. The van der Waals surface area contributed by atoms with Crippen molar-refractivity contribution in [2.75, 3.05) is 13.2 Å². The number of hydrogen-bond acceptors (Lipinski definition) is 10. The number of ether oxygens (including phenoxy) is 8. The van der Waals surface area contributed by atoms with Crippen LogP contribution in [0.3, 0.4) is 0 Å². The predicted octanol–water partition coefficient (Wildman–Crippen LogP) is 1.91. The summed E-state index contributed by atoms with van der Waals surface area (Å²) in [5.74, 6) is -0.893. The molecule has 6 fully saturated rings. The molecule has 4 bridgehead atoms. The number of epoxide rings is 3. The minimum absolute atomic E-state index is 0.0356. The second kappa shape index (κ2) is 7.80. The summed E-state index contributed by atoms with van der Waals surface area (Å²) < 4.78 is 49.2. The van der Waals surface area contributed by atoms with Crippen LogP contribution in [0.5, 0.6) is 0 Å². The Morgan fingerprint density at radius 2 is 1.82 bits per heavy atom. The number of rotatable bonds is 0. The lowest BCUT2D eigenvalue weighted by Gasteiger charge is -2.57. The summed E-state index contributed by atoms with van der Waals surface area (Å²) in [6, 6.07) is 0. The maximum absolute atomic E-state index is 13.4. The monoisotopic (exact) mass is 542 g/mol. The SMILES string of the molecule is CC1=C[C@H]2O[C@@H]3C[C@H]4OC(=O)/C=C\C=C\C5OC(CC6(C)OC6C(=O)OC[C@@]2([C@H]2O[C@@H]12)[C@]4(C)[C@]31CO1)OC5C. The summed E-state index contributed by atoms with van der Waals surface area (Å²) in [6.07, 6.45) is 6.49. The Morgan fingerprint density at radius 3 is 2.62 bits per heavy atom. The molecule has 10 nitrogen and oxygen atoms in total. The molecule has 5 unspecified atom stereocenters. The van der Waals surface area contributed by atoms with Crippen molar-refractivity contribution in [1.29, 1.82) is 0 Å². The molecule has 39 heavy (non-hydrogen) atoms. The van der Waals surface area contributed by atoms with Crippen LogP contribution in [0, 0.1) is 10.8 Å². The Kier molecular flexibility index (Phi) is 4.94. The largest absolute Gasteiger partial charge is 0.463 e. The summed E-state index contributed by atoms with van der Waals surface area (Å²) >= 11 is 0. The van der Waals surface area contributed by atoms with E-state index in [2.05, 4.69) is 13.0 Å². The van der Waals surface area contributed by atoms with Gasteiger partial charge in [-0.15, -0.1) is 0 Å². The molecule has 6 aliphatic heterocycles. The fraction of sp³-hybridized carbons (Fsp3) is 0.724. The van der Waals surface area contributed by atoms with E-state index in [9.17, 15) is 9.59 Å². The molecule has 1 saturated carbocycles. The van der Waals surface area contributed by atoms with Crippen LogP contribution in [0.2, 0.25) is 0 Å². The van der Waals surface area contributed by atoms with E-state index in [4.69, 9.17) is 37.9 Å². The molecule has 6 heterocycles. The van der Waals surface area contributed by atoms with E-state index in [0.29, 0.717) is 19.4 Å². The highest BCUT2D eigenvalue weighted by atomic mass is 16.7. The third-order valence-electron chi connectivity index (χ3n) is 10.7. The van der Waals surface area contributed by atoms with Crippen LogP contribution in [-0.2, 0) is 47.5 Å².